The van der Waals surface area contributed by atoms with Crippen molar-refractivity contribution in [2.24, 2.45) is 0 Å². The summed E-state index contributed by atoms with van der Waals surface area (Å²) < 4.78 is 0. The molecule has 1 heterocycles. The molecule has 1 aliphatic heterocycles. The van der Waals surface area contributed by atoms with Crippen LogP contribution in [0.2, 0.25) is 0 Å². The highest BCUT2D eigenvalue weighted by Crippen LogP contribution is 2.17. The fraction of sp³-hybridized carbons (Fsp3) is 0.562. The van der Waals surface area contributed by atoms with Crippen LogP contribution in [0.1, 0.15) is 36.2 Å². The number of carbonyl (C=O) groups is 1. The molecule has 4 heteroatoms. The number of piperazine rings is 1. The smallest absolute Gasteiger partial charge is 0.254 e. The zero-order valence-electron chi connectivity index (χ0n) is 12.7. The van der Waals surface area contributed by atoms with Crippen LogP contribution in [0, 0.1) is 6.92 Å². The van der Waals surface area contributed by atoms with Gasteiger partial charge in [-0.05, 0) is 44.0 Å². The predicted molar refractivity (Wildman–Crippen MR) is 82.8 cm³/mol. The molecule has 0 aliphatic carbocycles. The Balaban J connectivity index is 2.01. The lowest BCUT2D eigenvalue weighted by Gasteiger charge is -2.38. The number of nitrogen functional groups attached to an aromatic ring is 1. The van der Waals surface area contributed by atoms with Gasteiger partial charge in [0.05, 0.1) is 0 Å². The fourth-order valence-electron chi connectivity index (χ4n) is 2.72. The minimum absolute atomic E-state index is 0.131. The van der Waals surface area contributed by atoms with Gasteiger partial charge in [-0.1, -0.05) is 6.92 Å². The van der Waals surface area contributed by atoms with Crippen molar-refractivity contribution in [3.63, 3.8) is 0 Å². The second kappa shape index (κ2) is 6.27. The molecule has 1 saturated heterocycles. The number of aryl methyl sites for hydroxylation is 1. The molecule has 1 atom stereocenters. The summed E-state index contributed by atoms with van der Waals surface area (Å²) in [5, 5.41) is 0. The van der Waals surface area contributed by atoms with Crippen LogP contribution in [0.3, 0.4) is 0 Å². The van der Waals surface area contributed by atoms with Crippen molar-refractivity contribution in [1.29, 1.82) is 0 Å². The van der Waals surface area contributed by atoms with E-state index in [1.54, 1.807) is 6.07 Å². The van der Waals surface area contributed by atoms with Crippen molar-refractivity contribution in [3.05, 3.63) is 29.3 Å². The molecule has 1 fully saturated rings. The van der Waals surface area contributed by atoms with Gasteiger partial charge in [-0.15, -0.1) is 0 Å². The van der Waals surface area contributed by atoms with Crippen LogP contribution in [0.5, 0.6) is 0 Å². The summed E-state index contributed by atoms with van der Waals surface area (Å²) in [5.41, 5.74) is 8.18. The molecule has 0 bridgehead atoms. The normalized spacial score (nSPS) is 18.1. The molecule has 0 spiro atoms. The molecule has 1 aliphatic rings. The monoisotopic (exact) mass is 275 g/mol. The third-order valence-corrected chi connectivity index (χ3v) is 4.30. The van der Waals surface area contributed by atoms with E-state index >= 15 is 0 Å². The molecule has 110 valence electrons. The van der Waals surface area contributed by atoms with E-state index in [9.17, 15) is 4.79 Å². The lowest BCUT2D eigenvalue weighted by molar-refractivity contribution is 0.0579. The van der Waals surface area contributed by atoms with E-state index in [-0.39, 0.29) is 5.91 Å². The highest BCUT2D eigenvalue weighted by Gasteiger charge is 2.24. The molecule has 1 unspecified atom stereocenters. The molecule has 0 saturated carbocycles. The zero-order chi connectivity index (χ0) is 14.7. The second-order valence-corrected chi connectivity index (χ2v) is 5.66. The summed E-state index contributed by atoms with van der Waals surface area (Å²) in [6, 6.07) is 6.11. The largest absolute Gasteiger partial charge is 0.399 e. The quantitative estimate of drug-likeness (QED) is 0.860. The van der Waals surface area contributed by atoms with E-state index in [4.69, 9.17) is 5.73 Å². The first kappa shape index (κ1) is 14.9. The second-order valence-electron chi connectivity index (χ2n) is 5.66. The summed E-state index contributed by atoms with van der Waals surface area (Å²) in [5.74, 6) is 0.131. The number of nitrogens with zero attached hydrogens (tertiary/aromatic N) is 2. The van der Waals surface area contributed by atoms with Gasteiger partial charge in [0.15, 0.2) is 0 Å². The average molecular weight is 275 g/mol. The highest BCUT2D eigenvalue weighted by molar-refractivity contribution is 5.96. The lowest BCUT2D eigenvalue weighted by atomic mass is 10.1. The average Bonchev–Trinajstić information content (AvgIpc) is 2.46. The minimum atomic E-state index is 0.131. The van der Waals surface area contributed by atoms with E-state index in [0.29, 0.717) is 11.7 Å². The highest BCUT2D eigenvalue weighted by atomic mass is 16.2. The Morgan fingerprint density at radius 2 is 1.95 bits per heavy atom. The van der Waals surface area contributed by atoms with Crippen molar-refractivity contribution in [2.45, 2.75) is 33.2 Å². The van der Waals surface area contributed by atoms with E-state index in [2.05, 4.69) is 18.7 Å². The Morgan fingerprint density at radius 3 is 2.50 bits per heavy atom. The van der Waals surface area contributed by atoms with Crippen LogP contribution in [0.4, 0.5) is 5.69 Å². The van der Waals surface area contributed by atoms with Gasteiger partial charge in [0.2, 0.25) is 0 Å². The van der Waals surface area contributed by atoms with Gasteiger partial charge in [-0.2, -0.15) is 0 Å². The summed E-state index contributed by atoms with van der Waals surface area (Å²) in [7, 11) is 0. The third-order valence-electron chi connectivity index (χ3n) is 4.30. The summed E-state index contributed by atoms with van der Waals surface area (Å²) >= 11 is 0. The first-order valence-electron chi connectivity index (χ1n) is 7.42. The van der Waals surface area contributed by atoms with E-state index in [0.717, 1.165) is 43.7 Å². The Hall–Kier alpha value is -1.55. The summed E-state index contributed by atoms with van der Waals surface area (Å²) in [6.07, 6.45) is 1.16. The van der Waals surface area contributed by atoms with E-state index in [1.165, 1.54) is 0 Å². The molecule has 2 N–H and O–H groups in total. The van der Waals surface area contributed by atoms with Crippen molar-refractivity contribution in [2.75, 3.05) is 31.9 Å². The van der Waals surface area contributed by atoms with Gasteiger partial charge in [0.25, 0.3) is 5.91 Å². The van der Waals surface area contributed by atoms with Crippen molar-refractivity contribution >= 4 is 11.6 Å². The molecule has 1 aromatic rings. The van der Waals surface area contributed by atoms with Gasteiger partial charge in [-0.25, -0.2) is 0 Å². The number of benzene rings is 1. The topological polar surface area (TPSA) is 49.6 Å². The van der Waals surface area contributed by atoms with Crippen LogP contribution in [-0.4, -0.2) is 47.9 Å². The molecular formula is C16H25N3O. The molecular weight excluding hydrogens is 250 g/mol. The predicted octanol–water partition coefficient (Wildman–Crippen LogP) is 2.13. The number of nitrogens with two attached hydrogens (primary N) is 1. The Bertz CT molecular complexity index is 479. The van der Waals surface area contributed by atoms with Crippen molar-refractivity contribution in [1.82, 2.24) is 9.80 Å². The first-order valence-corrected chi connectivity index (χ1v) is 7.42. The van der Waals surface area contributed by atoms with Gasteiger partial charge in [0.1, 0.15) is 0 Å². The van der Waals surface area contributed by atoms with Crippen LogP contribution in [-0.2, 0) is 0 Å². The maximum atomic E-state index is 12.5. The Labute approximate surface area is 121 Å². The minimum Gasteiger partial charge on any atom is -0.399 e. The molecule has 4 nitrogen and oxygen atoms in total. The standard InChI is InChI=1S/C16H25N3O/c1-4-13(3)18-7-9-19(10-8-18)16(20)15-6-5-14(17)11-12(15)2/h5-6,11,13H,4,7-10,17H2,1-3H3. The van der Waals surface area contributed by atoms with Crippen molar-refractivity contribution in [3.8, 4) is 0 Å². The molecule has 1 aromatic carbocycles. The fourth-order valence-corrected chi connectivity index (χ4v) is 2.72. The lowest BCUT2D eigenvalue weighted by Crippen LogP contribution is -2.51. The first-order chi connectivity index (χ1) is 9.52. The van der Waals surface area contributed by atoms with Crippen LogP contribution in [0.15, 0.2) is 18.2 Å². The molecule has 2 rings (SSSR count). The number of rotatable bonds is 3. The van der Waals surface area contributed by atoms with Crippen LogP contribution in [0.25, 0.3) is 0 Å². The van der Waals surface area contributed by atoms with E-state index < -0.39 is 0 Å². The summed E-state index contributed by atoms with van der Waals surface area (Å²) in [4.78, 5) is 17.0. The number of hydrogen-bond donors (Lipinski definition) is 1. The molecule has 1 amide bonds. The van der Waals surface area contributed by atoms with Gasteiger partial charge in [0, 0.05) is 43.5 Å². The third kappa shape index (κ3) is 3.12. The number of hydrogen-bond acceptors (Lipinski definition) is 3. The summed E-state index contributed by atoms with van der Waals surface area (Å²) in [6.45, 7) is 9.96. The molecule has 0 aromatic heterocycles. The number of amides is 1. The molecule has 0 radical (unpaired) electrons. The Kier molecular flexibility index (Phi) is 4.65. The van der Waals surface area contributed by atoms with Crippen molar-refractivity contribution < 1.29 is 4.79 Å². The maximum Gasteiger partial charge on any atom is 0.254 e. The van der Waals surface area contributed by atoms with E-state index in [1.807, 2.05) is 24.0 Å². The molecule has 20 heavy (non-hydrogen) atoms. The van der Waals surface area contributed by atoms with Gasteiger partial charge < -0.3 is 10.6 Å². The Morgan fingerprint density at radius 1 is 1.30 bits per heavy atom. The maximum absolute atomic E-state index is 12.5. The number of anilines is 1. The van der Waals surface area contributed by atoms with Gasteiger partial charge >= 0.3 is 0 Å². The SMILES string of the molecule is CCC(C)N1CCN(C(=O)c2ccc(N)cc2C)CC1. The zero-order valence-corrected chi connectivity index (χ0v) is 12.7. The number of carbonyl (C=O) groups excluding carboxylic acids is 1. The van der Waals surface area contributed by atoms with Gasteiger partial charge in [-0.3, -0.25) is 9.69 Å². The van der Waals surface area contributed by atoms with Crippen LogP contribution >= 0.6 is 0 Å². The van der Waals surface area contributed by atoms with Crippen LogP contribution < -0.4 is 5.73 Å².